The zero-order valence-electron chi connectivity index (χ0n) is 13.3. The van der Waals surface area contributed by atoms with E-state index in [9.17, 15) is 19.2 Å². The summed E-state index contributed by atoms with van der Waals surface area (Å²) in [6.07, 6.45) is 3.02. The second-order valence-corrected chi connectivity index (χ2v) is 6.13. The summed E-state index contributed by atoms with van der Waals surface area (Å²) in [5, 5.41) is 8.42. The molecule has 0 radical (unpaired) electrons. The number of fused-ring (bicyclic) bond motifs is 1. The summed E-state index contributed by atoms with van der Waals surface area (Å²) in [6, 6.07) is 0. The number of ketones is 2. The number of carbonyl (C=O) groups is 4. The van der Waals surface area contributed by atoms with Crippen LogP contribution in [-0.4, -0.2) is 48.4 Å². The van der Waals surface area contributed by atoms with Crippen molar-refractivity contribution in [2.45, 2.75) is 19.3 Å². The quantitative estimate of drug-likeness (QED) is 0.702. The van der Waals surface area contributed by atoms with Crippen molar-refractivity contribution in [2.75, 3.05) is 19.8 Å². The van der Waals surface area contributed by atoms with Crippen LogP contribution in [0.3, 0.4) is 0 Å². The normalized spacial score (nSPS) is 13.3. The van der Waals surface area contributed by atoms with Gasteiger partial charge in [0.25, 0.3) is 5.91 Å². The maximum absolute atomic E-state index is 12.5. The fourth-order valence-corrected chi connectivity index (χ4v) is 3.11. The highest BCUT2D eigenvalue weighted by atomic mass is 32.2. The first kappa shape index (κ1) is 17.9. The van der Waals surface area contributed by atoms with E-state index in [0.717, 1.165) is 6.42 Å². The molecule has 0 aromatic carbocycles. The molecule has 1 aliphatic rings. The van der Waals surface area contributed by atoms with Crippen LogP contribution in [0.4, 0.5) is 0 Å². The molecule has 0 atom stereocenters. The van der Waals surface area contributed by atoms with Gasteiger partial charge in [-0.1, -0.05) is 5.16 Å². The third kappa shape index (κ3) is 3.73. The molecule has 0 spiro atoms. The molecular weight excluding hydrogens is 334 g/mol. The third-order valence-corrected chi connectivity index (χ3v) is 4.51. The number of aromatic nitrogens is 1. The number of unbranched alkanes of at least 4 members (excludes halogenated alkanes) is 1. The van der Waals surface area contributed by atoms with Crippen LogP contribution in [0, 0.1) is 0 Å². The van der Waals surface area contributed by atoms with Crippen molar-refractivity contribution in [3.05, 3.63) is 28.0 Å². The van der Waals surface area contributed by atoms with Gasteiger partial charge in [0.05, 0.1) is 4.91 Å². The van der Waals surface area contributed by atoms with Crippen LogP contribution in [0.25, 0.3) is 0 Å². The summed E-state index contributed by atoms with van der Waals surface area (Å²) < 4.78 is 4.84. The number of amides is 2. The van der Waals surface area contributed by atoms with E-state index in [1.807, 2.05) is 0 Å². The highest BCUT2D eigenvalue weighted by Crippen LogP contribution is 2.31. The van der Waals surface area contributed by atoms with Crippen molar-refractivity contribution in [1.82, 2.24) is 15.8 Å². The van der Waals surface area contributed by atoms with Gasteiger partial charge in [-0.25, -0.2) is 0 Å². The molecule has 128 valence electrons. The molecule has 0 fully saturated rings. The SMILES string of the molecule is CNC(=O)CCCCSC1=CC(=O)c2onc(C(=O)NC)c2C1=O. The Morgan fingerprint density at radius 3 is 2.62 bits per heavy atom. The Hall–Kier alpha value is -2.42. The Kier molecular flexibility index (Phi) is 5.91. The first-order valence-electron chi connectivity index (χ1n) is 7.35. The minimum Gasteiger partial charge on any atom is -0.359 e. The Morgan fingerprint density at radius 2 is 1.96 bits per heavy atom. The molecule has 2 N–H and O–H groups in total. The Labute approximate surface area is 142 Å². The molecule has 0 saturated heterocycles. The molecule has 2 amide bonds. The Bertz CT molecular complexity index is 723. The van der Waals surface area contributed by atoms with Crippen LogP contribution in [0.1, 0.15) is 50.7 Å². The molecule has 0 unspecified atom stereocenters. The van der Waals surface area contributed by atoms with E-state index in [1.54, 1.807) is 7.05 Å². The van der Waals surface area contributed by atoms with Crippen molar-refractivity contribution in [1.29, 1.82) is 0 Å². The molecule has 0 aliphatic heterocycles. The lowest BCUT2D eigenvalue weighted by molar-refractivity contribution is -0.120. The van der Waals surface area contributed by atoms with Gasteiger partial charge in [0.2, 0.25) is 23.2 Å². The number of rotatable bonds is 7. The number of allylic oxidation sites excluding steroid dienone is 2. The third-order valence-electron chi connectivity index (χ3n) is 3.41. The second kappa shape index (κ2) is 7.91. The molecule has 2 rings (SSSR count). The summed E-state index contributed by atoms with van der Waals surface area (Å²) in [6.45, 7) is 0. The fraction of sp³-hybridized carbons (Fsp3) is 0.400. The molecule has 1 aliphatic carbocycles. The number of nitrogens with zero attached hydrogens (tertiary/aromatic N) is 1. The summed E-state index contributed by atoms with van der Waals surface area (Å²) in [7, 11) is 2.98. The predicted molar refractivity (Wildman–Crippen MR) is 87.0 cm³/mol. The summed E-state index contributed by atoms with van der Waals surface area (Å²) in [4.78, 5) is 47.6. The Morgan fingerprint density at radius 1 is 1.21 bits per heavy atom. The number of hydrogen-bond acceptors (Lipinski definition) is 7. The maximum atomic E-state index is 12.5. The van der Waals surface area contributed by atoms with Gasteiger partial charge in [-0.15, -0.1) is 11.8 Å². The summed E-state index contributed by atoms with van der Waals surface area (Å²) >= 11 is 1.22. The molecule has 0 saturated carbocycles. The molecule has 8 nitrogen and oxygen atoms in total. The molecule has 1 heterocycles. The van der Waals surface area contributed by atoms with Crippen LogP contribution in [0.2, 0.25) is 0 Å². The van der Waals surface area contributed by atoms with Crippen LogP contribution in [0.15, 0.2) is 15.5 Å². The van der Waals surface area contributed by atoms with Crippen molar-refractivity contribution < 1.29 is 23.7 Å². The van der Waals surface area contributed by atoms with Crippen molar-refractivity contribution in [3.8, 4) is 0 Å². The molecule has 9 heteroatoms. The molecule has 24 heavy (non-hydrogen) atoms. The van der Waals surface area contributed by atoms with Gasteiger partial charge in [0, 0.05) is 26.6 Å². The minimum absolute atomic E-state index is 0.0348. The predicted octanol–water partition coefficient (Wildman–Crippen LogP) is 0.947. The van der Waals surface area contributed by atoms with E-state index >= 15 is 0 Å². The van der Waals surface area contributed by atoms with Crippen LogP contribution >= 0.6 is 11.8 Å². The molecular formula is C15H17N3O5S. The lowest BCUT2D eigenvalue weighted by Gasteiger charge is -2.10. The lowest BCUT2D eigenvalue weighted by atomic mass is 10.00. The molecule has 0 bridgehead atoms. The first-order chi connectivity index (χ1) is 11.5. The van der Waals surface area contributed by atoms with Gasteiger partial charge in [0.1, 0.15) is 5.56 Å². The largest absolute Gasteiger partial charge is 0.359 e. The van der Waals surface area contributed by atoms with Gasteiger partial charge < -0.3 is 15.2 Å². The van der Waals surface area contributed by atoms with Gasteiger partial charge in [-0.2, -0.15) is 0 Å². The van der Waals surface area contributed by atoms with Crippen LogP contribution < -0.4 is 10.6 Å². The van der Waals surface area contributed by atoms with E-state index in [0.29, 0.717) is 18.6 Å². The second-order valence-electron chi connectivity index (χ2n) is 5.00. The minimum atomic E-state index is -0.585. The van der Waals surface area contributed by atoms with E-state index in [2.05, 4.69) is 15.8 Å². The average Bonchev–Trinajstić information content (AvgIpc) is 3.03. The zero-order chi connectivity index (χ0) is 17.7. The number of Topliss-reactive ketones (excluding diaryl/α,β-unsaturated/α-hetero) is 1. The summed E-state index contributed by atoms with van der Waals surface area (Å²) in [5.74, 6) is -1.17. The van der Waals surface area contributed by atoms with Gasteiger partial charge in [-0.3, -0.25) is 19.2 Å². The van der Waals surface area contributed by atoms with Crippen molar-refractivity contribution >= 4 is 35.1 Å². The van der Waals surface area contributed by atoms with Gasteiger partial charge >= 0.3 is 0 Å². The van der Waals surface area contributed by atoms with Gasteiger partial charge in [-0.05, 0) is 18.6 Å². The zero-order valence-corrected chi connectivity index (χ0v) is 14.1. The summed E-state index contributed by atoms with van der Waals surface area (Å²) in [5.41, 5.74) is -0.272. The van der Waals surface area contributed by atoms with E-state index in [1.165, 1.54) is 24.9 Å². The Balaban J connectivity index is 2.02. The maximum Gasteiger partial charge on any atom is 0.274 e. The lowest BCUT2D eigenvalue weighted by Crippen LogP contribution is -2.23. The average molecular weight is 351 g/mol. The van der Waals surface area contributed by atoms with E-state index in [-0.39, 0.29) is 27.8 Å². The molecule has 1 aromatic heterocycles. The highest BCUT2D eigenvalue weighted by Gasteiger charge is 2.35. The van der Waals surface area contributed by atoms with E-state index in [4.69, 9.17) is 4.52 Å². The number of carbonyl (C=O) groups excluding carboxylic acids is 4. The fourth-order valence-electron chi connectivity index (χ4n) is 2.12. The van der Waals surface area contributed by atoms with Crippen molar-refractivity contribution in [2.24, 2.45) is 0 Å². The highest BCUT2D eigenvalue weighted by molar-refractivity contribution is 8.04. The topological polar surface area (TPSA) is 118 Å². The monoisotopic (exact) mass is 351 g/mol. The number of nitrogens with one attached hydrogen (secondary N) is 2. The number of hydrogen-bond donors (Lipinski definition) is 2. The van der Waals surface area contributed by atoms with Crippen molar-refractivity contribution in [3.63, 3.8) is 0 Å². The first-order valence-corrected chi connectivity index (χ1v) is 8.34. The smallest absolute Gasteiger partial charge is 0.274 e. The van der Waals surface area contributed by atoms with Crippen LogP contribution in [-0.2, 0) is 4.79 Å². The van der Waals surface area contributed by atoms with Gasteiger partial charge in [0.15, 0.2) is 5.69 Å². The number of thioether (sulfide) groups is 1. The molecule has 1 aromatic rings. The van der Waals surface area contributed by atoms with Crippen LogP contribution in [0.5, 0.6) is 0 Å². The standard InChI is InChI=1S/C15H17N3O5S/c1-16-10(20)5-3-4-6-24-9-7-8(19)14-11(13(9)21)12(18-23-14)15(22)17-2/h7H,3-6H2,1-2H3,(H,16,20)(H,17,22). The van der Waals surface area contributed by atoms with E-state index < -0.39 is 17.5 Å².